The minimum atomic E-state index is -0.346. The van der Waals surface area contributed by atoms with Gasteiger partial charge < -0.3 is 15.5 Å². The predicted molar refractivity (Wildman–Crippen MR) is 89.8 cm³/mol. The first kappa shape index (κ1) is 18.0. The Bertz CT molecular complexity index is 621. The highest BCUT2D eigenvalue weighted by atomic mass is 16.2. The van der Waals surface area contributed by atoms with E-state index in [1.807, 2.05) is 0 Å². The number of carbonyl (C=O) groups is 2. The molecule has 1 fully saturated rings. The molecule has 3 N–H and O–H groups in total. The molecule has 0 aromatic carbocycles. The van der Waals surface area contributed by atoms with Gasteiger partial charge in [-0.3, -0.25) is 9.59 Å². The van der Waals surface area contributed by atoms with E-state index in [1.54, 1.807) is 4.90 Å². The fourth-order valence-electron chi connectivity index (χ4n) is 2.41. The molecule has 0 aliphatic carbocycles. The van der Waals surface area contributed by atoms with Gasteiger partial charge in [0.05, 0.1) is 0 Å². The molecule has 0 radical (unpaired) electrons. The van der Waals surface area contributed by atoms with Crippen LogP contribution in [0.15, 0.2) is 16.9 Å². The Balaban J connectivity index is 1.78. The third-order valence-corrected chi connectivity index (χ3v) is 3.80. The number of aromatic nitrogens is 2. The SMILES string of the molecule is CC(C)(C)CNC(=O)N1CCC(NC(=O)c2ccc(=O)[nH]n2)CC1. The summed E-state index contributed by atoms with van der Waals surface area (Å²) in [5, 5.41) is 11.8. The first-order valence-electron chi connectivity index (χ1n) is 8.14. The summed E-state index contributed by atoms with van der Waals surface area (Å²) in [5.74, 6) is -0.318. The summed E-state index contributed by atoms with van der Waals surface area (Å²) in [6.07, 6.45) is 1.38. The quantitative estimate of drug-likeness (QED) is 0.756. The highest BCUT2D eigenvalue weighted by Crippen LogP contribution is 2.13. The number of rotatable bonds is 3. The lowest BCUT2D eigenvalue weighted by Crippen LogP contribution is -2.50. The number of hydrogen-bond acceptors (Lipinski definition) is 4. The molecule has 1 aliphatic heterocycles. The summed E-state index contributed by atoms with van der Waals surface area (Å²) in [6.45, 7) is 8.03. The fraction of sp³-hybridized carbons (Fsp3) is 0.625. The highest BCUT2D eigenvalue weighted by molar-refractivity contribution is 5.92. The summed E-state index contributed by atoms with van der Waals surface area (Å²) < 4.78 is 0. The van der Waals surface area contributed by atoms with Crippen LogP contribution in [0.1, 0.15) is 44.1 Å². The van der Waals surface area contributed by atoms with E-state index in [0.717, 1.165) is 0 Å². The number of piperidine rings is 1. The second-order valence-electron chi connectivity index (χ2n) is 7.26. The summed E-state index contributed by atoms with van der Waals surface area (Å²) in [6, 6.07) is 2.60. The number of nitrogens with zero attached hydrogens (tertiary/aromatic N) is 2. The van der Waals surface area contributed by atoms with Crippen molar-refractivity contribution < 1.29 is 9.59 Å². The van der Waals surface area contributed by atoms with Crippen LogP contribution in [0.2, 0.25) is 0 Å². The van der Waals surface area contributed by atoms with Crippen LogP contribution in [0.3, 0.4) is 0 Å². The van der Waals surface area contributed by atoms with Crippen LogP contribution in [-0.4, -0.2) is 52.7 Å². The Morgan fingerprint density at radius 1 is 1.29 bits per heavy atom. The van der Waals surface area contributed by atoms with Gasteiger partial charge in [0.1, 0.15) is 5.69 Å². The molecule has 132 valence electrons. The zero-order valence-electron chi connectivity index (χ0n) is 14.4. The number of urea groups is 1. The Morgan fingerprint density at radius 2 is 1.96 bits per heavy atom. The second kappa shape index (κ2) is 7.46. The molecule has 1 aliphatic rings. The Morgan fingerprint density at radius 3 is 2.50 bits per heavy atom. The first-order chi connectivity index (χ1) is 11.2. The van der Waals surface area contributed by atoms with Gasteiger partial charge in [0.15, 0.2) is 0 Å². The molecule has 24 heavy (non-hydrogen) atoms. The summed E-state index contributed by atoms with van der Waals surface area (Å²) in [7, 11) is 0. The van der Waals surface area contributed by atoms with Crippen molar-refractivity contribution in [3.05, 3.63) is 28.2 Å². The van der Waals surface area contributed by atoms with Crippen LogP contribution in [0.4, 0.5) is 4.79 Å². The topological polar surface area (TPSA) is 107 Å². The maximum atomic E-state index is 12.1. The van der Waals surface area contributed by atoms with Gasteiger partial charge >= 0.3 is 6.03 Å². The van der Waals surface area contributed by atoms with Crippen molar-refractivity contribution in [3.63, 3.8) is 0 Å². The minimum Gasteiger partial charge on any atom is -0.348 e. The molecule has 8 heteroatoms. The van der Waals surface area contributed by atoms with Crippen LogP contribution in [0.5, 0.6) is 0 Å². The summed E-state index contributed by atoms with van der Waals surface area (Å²) in [5.41, 5.74) is -0.118. The zero-order chi connectivity index (χ0) is 17.7. The Hall–Kier alpha value is -2.38. The van der Waals surface area contributed by atoms with Crippen LogP contribution in [0.25, 0.3) is 0 Å². The largest absolute Gasteiger partial charge is 0.348 e. The highest BCUT2D eigenvalue weighted by Gasteiger charge is 2.25. The van der Waals surface area contributed by atoms with Gasteiger partial charge in [0, 0.05) is 31.7 Å². The Labute approximate surface area is 141 Å². The van der Waals surface area contributed by atoms with Gasteiger partial charge in [-0.1, -0.05) is 20.8 Å². The van der Waals surface area contributed by atoms with Crippen molar-refractivity contribution in [1.29, 1.82) is 0 Å². The van der Waals surface area contributed by atoms with Crippen molar-refractivity contribution in [1.82, 2.24) is 25.7 Å². The molecule has 1 saturated heterocycles. The van der Waals surface area contributed by atoms with Crippen molar-refractivity contribution in [3.8, 4) is 0 Å². The van der Waals surface area contributed by atoms with E-state index in [-0.39, 0.29) is 34.6 Å². The number of likely N-dealkylation sites (tertiary alicyclic amines) is 1. The van der Waals surface area contributed by atoms with Crippen molar-refractivity contribution >= 4 is 11.9 Å². The number of aromatic amines is 1. The van der Waals surface area contributed by atoms with Gasteiger partial charge in [0.25, 0.3) is 11.5 Å². The number of carbonyl (C=O) groups excluding carboxylic acids is 2. The lowest BCUT2D eigenvalue weighted by molar-refractivity contribution is 0.0911. The number of hydrogen-bond donors (Lipinski definition) is 3. The van der Waals surface area contributed by atoms with Crippen LogP contribution in [-0.2, 0) is 0 Å². The molecule has 1 aromatic heterocycles. The molecule has 3 amide bonds. The van der Waals surface area contributed by atoms with E-state index < -0.39 is 0 Å². The third kappa shape index (κ3) is 5.36. The maximum Gasteiger partial charge on any atom is 0.317 e. The van der Waals surface area contributed by atoms with E-state index in [4.69, 9.17) is 0 Å². The molecule has 0 atom stereocenters. The van der Waals surface area contributed by atoms with Crippen LogP contribution < -0.4 is 16.2 Å². The van der Waals surface area contributed by atoms with Gasteiger partial charge in [-0.15, -0.1) is 0 Å². The predicted octanol–water partition coefficient (Wildman–Crippen LogP) is 0.720. The first-order valence-corrected chi connectivity index (χ1v) is 8.14. The van der Waals surface area contributed by atoms with E-state index in [9.17, 15) is 14.4 Å². The average molecular weight is 335 g/mol. The van der Waals surface area contributed by atoms with Crippen molar-refractivity contribution in [2.24, 2.45) is 5.41 Å². The van der Waals surface area contributed by atoms with E-state index in [1.165, 1.54) is 12.1 Å². The monoisotopic (exact) mass is 335 g/mol. The normalized spacial score (nSPS) is 15.9. The molecule has 0 spiro atoms. The van der Waals surface area contributed by atoms with Crippen LogP contribution in [0, 0.1) is 5.41 Å². The van der Waals surface area contributed by atoms with E-state index >= 15 is 0 Å². The number of amides is 3. The molecule has 0 saturated carbocycles. The maximum absolute atomic E-state index is 12.1. The second-order valence-corrected chi connectivity index (χ2v) is 7.26. The standard InChI is InChI=1S/C16H25N5O3/c1-16(2,3)10-17-15(24)21-8-6-11(7-9-21)18-14(23)12-4-5-13(22)20-19-12/h4-5,11H,6-10H2,1-3H3,(H,17,24)(H,18,23)(H,20,22). The lowest BCUT2D eigenvalue weighted by Gasteiger charge is -2.33. The number of H-pyrrole nitrogens is 1. The smallest absolute Gasteiger partial charge is 0.317 e. The van der Waals surface area contributed by atoms with Gasteiger partial charge in [-0.05, 0) is 24.3 Å². The van der Waals surface area contributed by atoms with Gasteiger partial charge in [0.2, 0.25) is 0 Å². The molecule has 8 nitrogen and oxygen atoms in total. The average Bonchev–Trinajstić information content (AvgIpc) is 2.53. The molecule has 0 bridgehead atoms. The fourth-order valence-corrected chi connectivity index (χ4v) is 2.41. The molecule has 2 rings (SSSR count). The Kier molecular flexibility index (Phi) is 5.58. The van der Waals surface area contributed by atoms with E-state index in [0.29, 0.717) is 32.5 Å². The van der Waals surface area contributed by atoms with Gasteiger partial charge in [-0.25, -0.2) is 9.89 Å². The lowest BCUT2D eigenvalue weighted by atomic mass is 9.97. The summed E-state index contributed by atoms with van der Waals surface area (Å²) >= 11 is 0. The van der Waals surface area contributed by atoms with E-state index in [2.05, 4.69) is 41.6 Å². The molecule has 2 heterocycles. The minimum absolute atomic E-state index is 0.00195. The molecule has 1 aromatic rings. The zero-order valence-corrected chi connectivity index (χ0v) is 14.4. The summed E-state index contributed by atoms with van der Waals surface area (Å²) in [4.78, 5) is 36.9. The molecular formula is C16H25N5O3. The van der Waals surface area contributed by atoms with Crippen molar-refractivity contribution in [2.75, 3.05) is 19.6 Å². The number of nitrogens with one attached hydrogen (secondary N) is 3. The van der Waals surface area contributed by atoms with Gasteiger partial charge in [-0.2, -0.15) is 5.10 Å². The third-order valence-electron chi connectivity index (χ3n) is 3.80. The van der Waals surface area contributed by atoms with Crippen LogP contribution >= 0.6 is 0 Å². The molecule has 0 unspecified atom stereocenters. The van der Waals surface area contributed by atoms with Crippen molar-refractivity contribution in [2.45, 2.75) is 39.7 Å². The molecular weight excluding hydrogens is 310 g/mol.